The molecule has 21 heavy (non-hydrogen) atoms. The van der Waals surface area contributed by atoms with E-state index in [4.69, 9.17) is 0 Å². The molecule has 0 radical (unpaired) electrons. The maximum absolute atomic E-state index is 12.4. The third-order valence-corrected chi connectivity index (χ3v) is 5.05. The predicted molar refractivity (Wildman–Crippen MR) is 84.5 cm³/mol. The summed E-state index contributed by atoms with van der Waals surface area (Å²) in [5.74, 6) is 0.482. The molecule has 118 valence electrons. The van der Waals surface area contributed by atoms with Crippen LogP contribution in [0.5, 0.6) is 0 Å². The minimum Gasteiger partial charge on any atom is -0.355 e. The first-order valence-corrected chi connectivity index (χ1v) is 7.60. The fraction of sp³-hybridized carbons (Fsp3) is 0.733. The monoisotopic (exact) mass is 312 g/mol. The van der Waals surface area contributed by atoms with E-state index in [1.807, 2.05) is 19.4 Å². The topological polar surface area (TPSA) is 59.0 Å². The highest BCUT2D eigenvalue weighted by Gasteiger charge is 2.42. The maximum Gasteiger partial charge on any atom is 0.225 e. The van der Waals surface area contributed by atoms with Gasteiger partial charge in [0, 0.05) is 38.8 Å². The summed E-state index contributed by atoms with van der Waals surface area (Å²) in [7, 11) is 1.92. The van der Waals surface area contributed by atoms with Gasteiger partial charge >= 0.3 is 0 Å². The molecule has 0 bridgehead atoms. The van der Waals surface area contributed by atoms with Crippen molar-refractivity contribution in [2.45, 2.75) is 32.1 Å². The number of nitrogens with zero attached hydrogens (tertiary/aromatic N) is 2. The van der Waals surface area contributed by atoms with Gasteiger partial charge < -0.3 is 10.6 Å². The van der Waals surface area contributed by atoms with E-state index in [1.54, 1.807) is 4.68 Å². The van der Waals surface area contributed by atoms with Crippen molar-refractivity contribution in [1.82, 2.24) is 20.4 Å². The summed E-state index contributed by atoms with van der Waals surface area (Å²) in [6.45, 7) is 4.69. The van der Waals surface area contributed by atoms with Gasteiger partial charge in [-0.1, -0.05) is 6.92 Å². The summed E-state index contributed by atoms with van der Waals surface area (Å²) in [6.07, 6.45) is 7.60. The fourth-order valence-electron chi connectivity index (χ4n) is 3.17. The van der Waals surface area contributed by atoms with Crippen LogP contribution >= 0.6 is 12.4 Å². The van der Waals surface area contributed by atoms with Crippen LogP contribution in [0.3, 0.4) is 0 Å². The van der Waals surface area contributed by atoms with Gasteiger partial charge in [-0.05, 0) is 30.2 Å². The molecule has 1 aromatic rings. The number of aryl methyl sites for hydroxylation is 1. The van der Waals surface area contributed by atoms with Gasteiger partial charge in [0.05, 0.1) is 12.1 Å². The third-order valence-electron chi connectivity index (χ3n) is 5.05. The largest absolute Gasteiger partial charge is 0.355 e. The number of nitrogens with one attached hydrogen (secondary N) is 2. The second kappa shape index (κ2) is 6.36. The first-order chi connectivity index (χ1) is 9.63. The van der Waals surface area contributed by atoms with E-state index in [0.717, 1.165) is 25.2 Å². The van der Waals surface area contributed by atoms with E-state index in [1.165, 1.54) is 19.3 Å². The van der Waals surface area contributed by atoms with Crippen molar-refractivity contribution >= 4 is 18.3 Å². The number of hydrogen-bond acceptors (Lipinski definition) is 3. The van der Waals surface area contributed by atoms with Crippen molar-refractivity contribution in [2.75, 3.05) is 19.6 Å². The Bertz CT molecular complexity index is 498. The van der Waals surface area contributed by atoms with Crippen LogP contribution in [0.15, 0.2) is 12.4 Å². The SMILES string of the molecule is CCC1(CNC(=O)[C@H]2CNC[C@@H]2c2cnn(C)c2)CC1.Cl. The highest BCUT2D eigenvalue weighted by atomic mass is 35.5. The fourth-order valence-corrected chi connectivity index (χ4v) is 3.17. The molecule has 1 saturated carbocycles. The Labute approximate surface area is 132 Å². The quantitative estimate of drug-likeness (QED) is 0.865. The summed E-state index contributed by atoms with van der Waals surface area (Å²) in [5, 5.41) is 10.7. The molecule has 2 N–H and O–H groups in total. The number of carbonyl (C=O) groups excluding carboxylic acids is 1. The molecule has 2 aliphatic rings. The average Bonchev–Trinajstić information content (AvgIpc) is 2.85. The van der Waals surface area contributed by atoms with Crippen LogP contribution in [0.4, 0.5) is 0 Å². The van der Waals surface area contributed by atoms with Crippen LogP contribution in [0.1, 0.15) is 37.7 Å². The lowest BCUT2D eigenvalue weighted by Gasteiger charge is -2.19. The predicted octanol–water partition coefficient (Wildman–Crippen LogP) is 1.45. The van der Waals surface area contributed by atoms with Gasteiger partial charge in [-0.2, -0.15) is 5.10 Å². The number of carbonyl (C=O) groups is 1. The lowest BCUT2D eigenvalue weighted by Crippen LogP contribution is -2.37. The minimum atomic E-state index is 0. The van der Waals surface area contributed by atoms with E-state index in [2.05, 4.69) is 22.7 Å². The summed E-state index contributed by atoms with van der Waals surface area (Å²) in [5.41, 5.74) is 1.57. The molecule has 3 rings (SSSR count). The zero-order valence-electron chi connectivity index (χ0n) is 12.8. The molecule has 0 spiro atoms. The second-order valence-electron chi connectivity index (χ2n) is 6.39. The summed E-state index contributed by atoms with van der Waals surface area (Å²) < 4.78 is 1.80. The molecular formula is C15H25ClN4O. The number of amides is 1. The molecule has 0 aromatic carbocycles. The molecule has 1 aliphatic heterocycles. The van der Waals surface area contributed by atoms with E-state index in [-0.39, 0.29) is 30.2 Å². The standard InChI is InChI=1S/C15H24N4O.ClH/c1-3-15(4-5-15)10-17-14(20)13-8-16-7-12(13)11-6-18-19(2)9-11;/h6,9,12-13,16H,3-5,7-8,10H2,1-2H3,(H,17,20);1H/t12-,13+;/m1./s1. The molecule has 1 aromatic heterocycles. The lowest BCUT2D eigenvalue weighted by atomic mass is 9.90. The van der Waals surface area contributed by atoms with Crippen LogP contribution < -0.4 is 10.6 Å². The molecular weight excluding hydrogens is 288 g/mol. The smallest absolute Gasteiger partial charge is 0.225 e. The third kappa shape index (κ3) is 3.40. The molecule has 2 fully saturated rings. The van der Waals surface area contributed by atoms with Crippen LogP contribution in [0, 0.1) is 11.3 Å². The Kier molecular flexibility index (Phi) is 4.94. The van der Waals surface area contributed by atoms with Crippen molar-refractivity contribution in [3.8, 4) is 0 Å². The number of rotatable bonds is 5. The van der Waals surface area contributed by atoms with E-state index >= 15 is 0 Å². The zero-order chi connectivity index (χ0) is 14.2. The summed E-state index contributed by atoms with van der Waals surface area (Å²) in [6, 6.07) is 0. The molecule has 1 amide bonds. The number of halogens is 1. The van der Waals surface area contributed by atoms with Gasteiger partial charge in [0.2, 0.25) is 5.91 Å². The van der Waals surface area contributed by atoms with Crippen LogP contribution in [-0.2, 0) is 11.8 Å². The Morgan fingerprint density at radius 1 is 1.52 bits per heavy atom. The van der Waals surface area contributed by atoms with Gasteiger partial charge in [0.15, 0.2) is 0 Å². The van der Waals surface area contributed by atoms with Crippen LogP contribution in [0.2, 0.25) is 0 Å². The van der Waals surface area contributed by atoms with Gasteiger partial charge in [0.1, 0.15) is 0 Å². The first kappa shape index (κ1) is 16.3. The van der Waals surface area contributed by atoms with E-state index in [9.17, 15) is 4.79 Å². The van der Waals surface area contributed by atoms with Crippen molar-refractivity contribution in [2.24, 2.45) is 18.4 Å². The van der Waals surface area contributed by atoms with Gasteiger partial charge in [-0.15, -0.1) is 12.4 Å². The van der Waals surface area contributed by atoms with Crippen molar-refractivity contribution in [3.05, 3.63) is 18.0 Å². The van der Waals surface area contributed by atoms with Gasteiger partial charge in [0.25, 0.3) is 0 Å². The van der Waals surface area contributed by atoms with Crippen molar-refractivity contribution < 1.29 is 4.79 Å². The van der Waals surface area contributed by atoms with E-state index < -0.39 is 0 Å². The number of hydrogen-bond donors (Lipinski definition) is 2. The van der Waals surface area contributed by atoms with Crippen LogP contribution in [-0.4, -0.2) is 35.3 Å². The van der Waals surface area contributed by atoms with Crippen LogP contribution in [0.25, 0.3) is 0 Å². The second-order valence-corrected chi connectivity index (χ2v) is 6.39. The molecule has 1 aliphatic carbocycles. The number of aromatic nitrogens is 2. The molecule has 5 nitrogen and oxygen atoms in total. The zero-order valence-corrected chi connectivity index (χ0v) is 13.6. The Morgan fingerprint density at radius 3 is 2.86 bits per heavy atom. The minimum absolute atomic E-state index is 0. The lowest BCUT2D eigenvalue weighted by molar-refractivity contribution is -0.125. The summed E-state index contributed by atoms with van der Waals surface area (Å²) >= 11 is 0. The highest BCUT2D eigenvalue weighted by molar-refractivity contribution is 5.85. The Morgan fingerprint density at radius 2 is 2.29 bits per heavy atom. The molecule has 6 heteroatoms. The average molecular weight is 313 g/mol. The Hall–Kier alpha value is -1.07. The Balaban J connectivity index is 0.00000161. The normalized spacial score (nSPS) is 26.2. The molecule has 2 atom stereocenters. The molecule has 0 unspecified atom stereocenters. The van der Waals surface area contributed by atoms with Crippen molar-refractivity contribution in [1.29, 1.82) is 0 Å². The van der Waals surface area contributed by atoms with Gasteiger partial charge in [-0.3, -0.25) is 9.48 Å². The van der Waals surface area contributed by atoms with E-state index in [0.29, 0.717) is 5.41 Å². The molecule has 1 saturated heterocycles. The highest BCUT2D eigenvalue weighted by Crippen LogP contribution is 2.47. The van der Waals surface area contributed by atoms with Crippen molar-refractivity contribution in [3.63, 3.8) is 0 Å². The summed E-state index contributed by atoms with van der Waals surface area (Å²) in [4.78, 5) is 12.4. The first-order valence-electron chi connectivity index (χ1n) is 7.60. The molecule has 2 heterocycles. The van der Waals surface area contributed by atoms with Gasteiger partial charge in [-0.25, -0.2) is 0 Å². The maximum atomic E-state index is 12.4.